The summed E-state index contributed by atoms with van der Waals surface area (Å²) in [6, 6.07) is 8.85. The highest BCUT2D eigenvalue weighted by Gasteiger charge is 2.28. The van der Waals surface area contributed by atoms with Crippen LogP contribution in [0, 0.1) is 11.7 Å². The number of benzene rings is 2. The summed E-state index contributed by atoms with van der Waals surface area (Å²) in [6.07, 6.45) is 4.71. The smallest absolute Gasteiger partial charge is 0.340 e. The Labute approximate surface area is 206 Å². The van der Waals surface area contributed by atoms with Crippen molar-refractivity contribution in [2.45, 2.75) is 19.3 Å². The van der Waals surface area contributed by atoms with Gasteiger partial charge >= 0.3 is 5.97 Å². The molecule has 4 aromatic rings. The maximum Gasteiger partial charge on any atom is 0.340 e. The van der Waals surface area contributed by atoms with Gasteiger partial charge in [-0.3, -0.25) is 9.55 Å². The van der Waals surface area contributed by atoms with Crippen molar-refractivity contribution in [3.8, 4) is 5.69 Å². The molecule has 6 rings (SSSR count). The number of hydrogen-bond donors (Lipinski definition) is 0. The zero-order valence-electron chi connectivity index (χ0n) is 19.3. The van der Waals surface area contributed by atoms with Crippen LogP contribution in [-0.2, 0) is 15.9 Å². The molecule has 0 spiro atoms. The van der Waals surface area contributed by atoms with E-state index in [1.54, 1.807) is 12.3 Å². The first-order chi connectivity index (χ1) is 17.0. The second-order valence-electron chi connectivity index (χ2n) is 9.05. The molecule has 9 heteroatoms. The maximum atomic E-state index is 14.2. The Kier molecular flexibility index (Phi) is 5.57. The van der Waals surface area contributed by atoms with Crippen LogP contribution in [0.2, 0.25) is 5.02 Å². The van der Waals surface area contributed by atoms with Crippen molar-refractivity contribution in [3.05, 3.63) is 58.8 Å². The van der Waals surface area contributed by atoms with Gasteiger partial charge in [-0.05, 0) is 49.1 Å². The molecule has 1 aliphatic heterocycles. The zero-order valence-corrected chi connectivity index (χ0v) is 20.0. The average molecular weight is 495 g/mol. The van der Waals surface area contributed by atoms with Gasteiger partial charge in [0, 0.05) is 36.8 Å². The van der Waals surface area contributed by atoms with Crippen LogP contribution < -0.4 is 4.90 Å². The van der Waals surface area contributed by atoms with Gasteiger partial charge in [0.25, 0.3) is 0 Å². The van der Waals surface area contributed by atoms with Crippen molar-refractivity contribution < 1.29 is 18.7 Å². The van der Waals surface area contributed by atoms with Gasteiger partial charge in [-0.2, -0.15) is 0 Å². The average Bonchev–Trinajstić information content (AvgIpc) is 3.64. The minimum atomic E-state index is -0.514. The number of anilines is 1. The quantitative estimate of drug-likeness (QED) is 0.366. The van der Waals surface area contributed by atoms with E-state index < -0.39 is 11.8 Å². The standard InChI is InChI=1S/C26H24ClFN4O3/c1-34-26(33)18-13-16(31-8-10-35-11-9-31)14-21-24(18)30-22(12-15-2-3-15)32(21)20-6-7-29-25-17(20)4-5-19(28)23(25)27/h4-7,13-15H,2-3,8-12H2,1H3. The summed E-state index contributed by atoms with van der Waals surface area (Å²) in [5, 5.41) is 0.702. The number of methoxy groups -OCH3 is 1. The number of fused-ring (bicyclic) bond motifs is 2. The number of nitrogens with zero attached hydrogens (tertiary/aromatic N) is 4. The van der Waals surface area contributed by atoms with Crippen molar-refractivity contribution >= 4 is 45.2 Å². The second-order valence-corrected chi connectivity index (χ2v) is 9.43. The number of hydrogen-bond acceptors (Lipinski definition) is 6. The number of esters is 1. The predicted molar refractivity (Wildman–Crippen MR) is 132 cm³/mol. The van der Waals surface area contributed by atoms with E-state index in [4.69, 9.17) is 26.1 Å². The molecule has 7 nitrogen and oxygen atoms in total. The van der Waals surface area contributed by atoms with E-state index in [1.807, 2.05) is 12.1 Å². The summed E-state index contributed by atoms with van der Waals surface area (Å²) in [6.45, 7) is 2.69. The van der Waals surface area contributed by atoms with Gasteiger partial charge in [-0.1, -0.05) is 11.6 Å². The number of rotatable bonds is 5. The van der Waals surface area contributed by atoms with E-state index in [0.29, 0.717) is 41.1 Å². The number of ether oxygens (including phenoxy) is 2. The van der Waals surface area contributed by atoms with Crippen molar-refractivity contribution in [2.24, 2.45) is 5.92 Å². The summed E-state index contributed by atoms with van der Waals surface area (Å²) >= 11 is 6.28. The molecule has 1 saturated heterocycles. The molecule has 35 heavy (non-hydrogen) atoms. The molecule has 0 N–H and O–H groups in total. The summed E-state index contributed by atoms with van der Waals surface area (Å²) in [4.78, 5) is 24.4. The Hall–Kier alpha value is -3.23. The second kappa shape index (κ2) is 8.77. The molecule has 180 valence electrons. The summed E-state index contributed by atoms with van der Waals surface area (Å²) in [5.41, 5.74) is 3.89. The van der Waals surface area contributed by atoms with Gasteiger partial charge in [-0.15, -0.1) is 0 Å². The van der Waals surface area contributed by atoms with Crippen LogP contribution in [0.4, 0.5) is 10.1 Å². The van der Waals surface area contributed by atoms with Crippen molar-refractivity contribution in [1.82, 2.24) is 14.5 Å². The SMILES string of the molecule is COC(=O)c1cc(N2CCOCC2)cc2c1nc(CC1CC1)n2-c1ccnc2c(Cl)c(F)ccc12. The third kappa shape index (κ3) is 3.90. The Morgan fingerprint density at radius 2 is 2.00 bits per heavy atom. The summed E-state index contributed by atoms with van der Waals surface area (Å²) < 4.78 is 26.9. The molecule has 1 saturated carbocycles. The minimum absolute atomic E-state index is 0.0123. The highest BCUT2D eigenvalue weighted by Crippen LogP contribution is 2.38. The van der Waals surface area contributed by atoms with Crippen LogP contribution in [0.25, 0.3) is 27.6 Å². The summed E-state index contributed by atoms with van der Waals surface area (Å²) in [5.74, 6) is 0.456. The van der Waals surface area contributed by atoms with E-state index >= 15 is 0 Å². The minimum Gasteiger partial charge on any atom is -0.465 e. The normalized spacial score (nSPS) is 16.3. The van der Waals surface area contributed by atoms with Crippen LogP contribution in [-0.4, -0.2) is 53.9 Å². The van der Waals surface area contributed by atoms with Crippen LogP contribution in [0.5, 0.6) is 0 Å². The maximum absolute atomic E-state index is 14.2. The Morgan fingerprint density at radius 1 is 1.20 bits per heavy atom. The molecular weight excluding hydrogens is 471 g/mol. The Morgan fingerprint density at radius 3 is 2.74 bits per heavy atom. The van der Waals surface area contributed by atoms with Crippen LogP contribution in [0.1, 0.15) is 29.0 Å². The van der Waals surface area contributed by atoms with Crippen LogP contribution in [0.3, 0.4) is 0 Å². The molecule has 2 aliphatic rings. The van der Waals surface area contributed by atoms with Crippen molar-refractivity contribution in [2.75, 3.05) is 38.3 Å². The van der Waals surface area contributed by atoms with Crippen molar-refractivity contribution in [3.63, 3.8) is 0 Å². The fourth-order valence-electron chi connectivity index (χ4n) is 4.81. The Bertz CT molecular complexity index is 1460. The molecule has 2 aromatic heterocycles. The lowest BCUT2D eigenvalue weighted by molar-refractivity contribution is 0.0603. The predicted octanol–water partition coefficient (Wildman–Crippen LogP) is 4.94. The molecule has 0 atom stereocenters. The lowest BCUT2D eigenvalue weighted by Gasteiger charge is -2.29. The fraction of sp³-hybridized carbons (Fsp3) is 0.346. The molecule has 0 radical (unpaired) electrons. The van der Waals surface area contributed by atoms with Gasteiger partial charge in [-0.25, -0.2) is 14.2 Å². The molecule has 0 bridgehead atoms. The van der Waals surface area contributed by atoms with E-state index in [9.17, 15) is 9.18 Å². The number of halogens is 2. The molecule has 0 unspecified atom stereocenters. The topological polar surface area (TPSA) is 69.5 Å². The van der Waals surface area contributed by atoms with E-state index in [1.165, 1.54) is 13.2 Å². The van der Waals surface area contributed by atoms with Gasteiger partial charge in [0.05, 0.1) is 42.6 Å². The van der Waals surface area contributed by atoms with Crippen molar-refractivity contribution in [1.29, 1.82) is 0 Å². The van der Waals surface area contributed by atoms with Gasteiger partial charge in [0.2, 0.25) is 0 Å². The number of aromatic nitrogens is 3. The molecule has 2 fully saturated rings. The number of carbonyl (C=O) groups is 1. The fourth-order valence-corrected chi connectivity index (χ4v) is 5.02. The first-order valence-corrected chi connectivity index (χ1v) is 12.1. The van der Waals surface area contributed by atoms with Gasteiger partial charge < -0.3 is 14.4 Å². The lowest BCUT2D eigenvalue weighted by Crippen LogP contribution is -2.36. The molecular formula is C26H24ClFN4O3. The third-order valence-corrected chi connectivity index (χ3v) is 7.15. The lowest BCUT2D eigenvalue weighted by atomic mass is 10.1. The van der Waals surface area contributed by atoms with Crippen LogP contribution >= 0.6 is 11.6 Å². The highest BCUT2D eigenvalue weighted by molar-refractivity contribution is 6.35. The first-order valence-electron chi connectivity index (χ1n) is 11.7. The largest absolute Gasteiger partial charge is 0.465 e. The molecule has 0 amide bonds. The Balaban J connectivity index is 1.65. The molecule has 2 aromatic carbocycles. The molecule has 1 aliphatic carbocycles. The number of imidazole rings is 1. The third-order valence-electron chi connectivity index (χ3n) is 6.79. The van der Waals surface area contributed by atoms with E-state index in [-0.39, 0.29) is 5.02 Å². The number of morpholine rings is 1. The van der Waals surface area contributed by atoms with Crippen LogP contribution in [0.15, 0.2) is 36.5 Å². The van der Waals surface area contributed by atoms with Gasteiger partial charge in [0.1, 0.15) is 22.2 Å². The monoisotopic (exact) mass is 494 g/mol. The van der Waals surface area contributed by atoms with E-state index in [2.05, 4.69) is 20.5 Å². The number of carbonyl (C=O) groups excluding carboxylic acids is 1. The first kappa shape index (κ1) is 22.2. The number of pyridine rings is 1. The summed E-state index contributed by atoms with van der Waals surface area (Å²) in [7, 11) is 1.38. The van der Waals surface area contributed by atoms with E-state index in [0.717, 1.165) is 55.1 Å². The zero-order chi connectivity index (χ0) is 24.1. The highest BCUT2D eigenvalue weighted by atomic mass is 35.5. The molecule has 3 heterocycles. The van der Waals surface area contributed by atoms with Gasteiger partial charge in [0.15, 0.2) is 0 Å².